The Bertz CT molecular complexity index is 914. The maximum atomic E-state index is 15.2. The molecule has 0 fully saturated rings. The Labute approximate surface area is 187 Å². The molecule has 170 valence electrons. The topological polar surface area (TPSA) is 47.6 Å². The van der Waals surface area contributed by atoms with Gasteiger partial charge in [0.1, 0.15) is 11.4 Å². The van der Waals surface area contributed by atoms with E-state index in [1.54, 1.807) is 39.0 Å². The molecule has 2 aromatic rings. The van der Waals surface area contributed by atoms with Gasteiger partial charge >= 0.3 is 6.09 Å². The van der Waals surface area contributed by atoms with E-state index in [2.05, 4.69) is 39.2 Å². The van der Waals surface area contributed by atoms with Gasteiger partial charge in [0.25, 0.3) is 0 Å². The van der Waals surface area contributed by atoms with Gasteiger partial charge in [0.15, 0.2) is 8.32 Å². The summed E-state index contributed by atoms with van der Waals surface area (Å²) < 4.78 is 26.7. The second-order valence-electron chi connectivity index (χ2n) is 10.4. The Balaban J connectivity index is 2.16. The highest BCUT2D eigenvalue weighted by molar-refractivity contribution is 6.74. The summed E-state index contributed by atoms with van der Waals surface area (Å²) in [6.07, 6.45) is -0.568. The molecule has 4 nitrogen and oxygen atoms in total. The van der Waals surface area contributed by atoms with Crippen molar-refractivity contribution in [2.75, 3.05) is 0 Å². The normalized spacial score (nSPS) is 12.5. The predicted octanol–water partition coefficient (Wildman–Crippen LogP) is 7.04. The summed E-state index contributed by atoms with van der Waals surface area (Å²) >= 11 is 0. The number of carbonyl (C=O) groups excluding carboxylic acids is 1. The van der Waals surface area contributed by atoms with Crippen molar-refractivity contribution in [2.24, 2.45) is 0 Å². The summed E-state index contributed by atoms with van der Waals surface area (Å²) in [6, 6.07) is 13.0. The third-order valence-corrected chi connectivity index (χ3v) is 10.0. The Hall–Kier alpha value is -2.18. The quantitative estimate of drug-likeness (QED) is 0.485. The van der Waals surface area contributed by atoms with Crippen LogP contribution in [0.25, 0.3) is 11.1 Å². The molecule has 31 heavy (non-hydrogen) atoms. The van der Waals surface area contributed by atoms with Crippen molar-refractivity contribution in [1.82, 2.24) is 5.32 Å². The van der Waals surface area contributed by atoms with Crippen LogP contribution in [0.1, 0.15) is 52.7 Å². The first-order valence-electron chi connectivity index (χ1n) is 10.7. The van der Waals surface area contributed by atoms with Gasteiger partial charge in [0.2, 0.25) is 0 Å². The minimum atomic E-state index is -1.87. The number of rotatable bonds is 6. The van der Waals surface area contributed by atoms with Crippen LogP contribution in [0.2, 0.25) is 18.1 Å². The van der Waals surface area contributed by atoms with E-state index in [0.717, 1.165) is 11.1 Å². The summed E-state index contributed by atoms with van der Waals surface area (Å²) in [7, 11) is -1.87. The third kappa shape index (κ3) is 7.18. The zero-order chi connectivity index (χ0) is 23.4. The fourth-order valence-corrected chi connectivity index (χ4v) is 3.69. The molecule has 0 radical (unpaired) electrons. The highest BCUT2D eigenvalue weighted by atomic mass is 28.4. The zero-order valence-electron chi connectivity index (χ0n) is 20.1. The standard InChI is InChI=1S/C25H36FNO3Si/c1-24(2,3)30-23(28)27-16-20-13-10-14-21(22(20)26)19-12-9-11-18(15-19)17-29-31(7,8)25(4,5)6/h9-15H,16-17H2,1-8H3,(H,27,28). The summed E-state index contributed by atoms with van der Waals surface area (Å²) in [6.45, 7) is 17.0. The Morgan fingerprint density at radius 1 is 1.03 bits per heavy atom. The van der Waals surface area contributed by atoms with Gasteiger partial charge in [-0.1, -0.05) is 57.2 Å². The van der Waals surface area contributed by atoms with Crippen LogP contribution in [0.3, 0.4) is 0 Å². The van der Waals surface area contributed by atoms with Crippen LogP contribution in [-0.4, -0.2) is 20.0 Å². The maximum absolute atomic E-state index is 15.2. The molecule has 1 amide bonds. The van der Waals surface area contributed by atoms with Crippen LogP contribution in [0.15, 0.2) is 42.5 Å². The van der Waals surface area contributed by atoms with E-state index < -0.39 is 20.0 Å². The first-order valence-corrected chi connectivity index (χ1v) is 13.6. The van der Waals surface area contributed by atoms with Crippen LogP contribution in [0, 0.1) is 5.82 Å². The Kier molecular flexibility index (Phi) is 7.71. The predicted molar refractivity (Wildman–Crippen MR) is 127 cm³/mol. The lowest BCUT2D eigenvalue weighted by Gasteiger charge is -2.36. The molecule has 0 aliphatic carbocycles. The monoisotopic (exact) mass is 445 g/mol. The van der Waals surface area contributed by atoms with Crippen molar-refractivity contribution in [2.45, 2.75) is 78.4 Å². The average molecular weight is 446 g/mol. The van der Waals surface area contributed by atoms with Gasteiger partial charge in [-0.25, -0.2) is 9.18 Å². The molecule has 0 aliphatic heterocycles. The zero-order valence-corrected chi connectivity index (χ0v) is 21.1. The lowest BCUT2D eigenvalue weighted by atomic mass is 10.0. The van der Waals surface area contributed by atoms with Gasteiger partial charge in [-0.3, -0.25) is 0 Å². The van der Waals surface area contributed by atoms with Crippen molar-refractivity contribution in [3.63, 3.8) is 0 Å². The van der Waals surface area contributed by atoms with Crippen molar-refractivity contribution in [3.8, 4) is 11.1 Å². The third-order valence-electron chi connectivity index (χ3n) is 5.54. The van der Waals surface area contributed by atoms with Gasteiger partial charge in [0, 0.05) is 17.7 Å². The summed E-state index contributed by atoms with van der Waals surface area (Å²) in [5.74, 6) is -0.346. The molecule has 0 aromatic heterocycles. The van der Waals surface area contributed by atoms with Crippen molar-refractivity contribution >= 4 is 14.4 Å². The number of nitrogens with one attached hydrogen (secondary N) is 1. The van der Waals surface area contributed by atoms with E-state index >= 15 is 4.39 Å². The van der Waals surface area contributed by atoms with Gasteiger partial charge in [-0.15, -0.1) is 0 Å². The van der Waals surface area contributed by atoms with E-state index in [1.807, 2.05) is 24.3 Å². The van der Waals surface area contributed by atoms with Gasteiger partial charge in [-0.2, -0.15) is 0 Å². The number of hydrogen-bond acceptors (Lipinski definition) is 3. The van der Waals surface area contributed by atoms with Gasteiger partial charge < -0.3 is 14.5 Å². The van der Waals surface area contributed by atoms with E-state index in [-0.39, 0.29) is 17.4 Å². The number of alkyl carbamates (subject to hydrolysis) is 1. The summed E-state index contributed by atoms with van der Waals surface area (Å²) in [5, 5.41) is 2.75. The minimum Gasteiger partial charge on any atom is -0.444 e. The number of ether oxygens (including phenoxy) is 1. The highest BCUT2D eigenvalue weighted by Gasteiger charge is 2.37. The molecule has 0 unspecified atom stereocenters. The molecule has 0 saturated carbocycles. The smallest absolute Gasteiger partial charge is 0.407 e. The molecule has 0 aliphatic rings. The van der Waals surface area contributed by atoms with Gasteiger partial charge in [0.05, 0.1) is 6.61 Å². The van der Waals surface area contributed by atoms with E-state index in [1.165, 1.54) is 0 Å². The van der Waals surface area contributed by atoms with Crippen molar-refractivity contribution in [3.05, 3.63) is 59.4 Å². The van der Waals surface area contributed by atoms with E-state index in [9.17, 15) is 4.79 Å². The second kappa shape index (κ2) is 9.53. The SMILES string of the molecule is CC(C)(C)OC(=O)NCc1cccc(-c2cccc(CO[Si](C)(C)C(C)(C)C)c2)c1F. The molecular weight excluding hydrogens is 409 g/mol. The lowest BCUT2D eigenvalue weighted by Crippen LogP contribution is -2.40. The minimum absolute atomic E-state index is 0.0583. The first kappa shape index (κ1) is 25.1. The number of carbonyl (C=O) groups is 1. The van der Waals surface area contributed by atoms with Crippen molar-refractivity contribution in [1.29, 1.82) is 0 Å². The summed E-state index contributed by atoms with van der Waals surface area (Å²) in [5.41, 5.74) is 2.10. The molecular formula is C25H36FNO3Si. The molecule has 0 atom stereocenters. The Morgan fingerprint density at radius 3 is 2.29 bits per heavy atom. The highest BCUT2D eigenvalue weighted by Crippen LogP contribution is 2.37. The van der Waals surface area contributed by atoms with Crippen LogP contribution >= 0.6 is 0 Å². The molecule has 2 aromatic carbocycles. The second-order valence-corrected chi connectivity index (χ2v) is 15.2. The van der Waals surface area contributed by atoms with E-state index in [0.29, 0.717) is 17.7 Å². The number of halogens is 1. The number of benzene rings is 2. The Morgan fingerprint density at radius 2 is 1.68 bits per heavy atom. The molecule has 0 heterocycles. The fraction of sp³-hybridized carbons (Fsp3) is 0.480. The van der Waals surface area contributed by atoms with Crippen LogP contribution in [0.5, 0.6) is 0 Å². The average Bonchev–Trinajstić information content (AvgIpc) is 2.63. The lowest BCUT2D eigenvalue weighted by molar-refractivity contribution is 0.0523. The molecule has 0 saturated heterocycles. The molecule has 0 spiro atoms. The summed E-state index contributed by atoms with van der Waals surface area (Å²) in [4.78, 5) is 11.9. The number of amides is 1. The van der Waals surface area contributed by atoms with Crippen LogP contribution in [-0.2, 0) is 22.3 Å². The number of hydrogen-bond donors (Lipinski definition) is 1. The fourth-order valence-electron chi connectivity index (χ4n) is 2.73. The largest absolute Gasteiger partial charge is 0.444 e. The molecule has 0 bridgehead atoms. The van der Waals surface area contributed by atoms with Crippen LogP contribution < -0.4 is 5.32 Å². The molecule has 6 heteroatoms. The van der Waals surface area contributed by atoms with E-state index in [4.69, 9.17) is 9.16 Å². The maximum Gasteiger partial charge on any atom is 0.407 e. The van der Waals surface area contributed by atoms with Crippen LogP contribution in [0.4, 0.5) is 9.18 Å². The first-order chi connectivity index (χ1) is 14.2. The van der Waals surface area contributed by atoms with Gasteiger partial charge in [-0.05, 0) is 56.1 Å². The van der Waals surface area contributed by atoms with Crippen molar-refractivity contribution < 1.29 is 18.3 Å². The molecule has 1 N–H and O–H groups in total. The molecule has 2 rings (SSSR count).